The Morgan fingerprint density at radius 1 is 1.15 bits per heavy atom. The van der Waals surface area contributed by atoms with Crippen molar-refractivity contribution in [2.24, 2.45) is 0 Å². The van der Waals surface area contributed by atoms with E-state index in [1.807, 2.05) is 13.0 Å². The summed E-state index contributed by atoms with van der Waals surface area (Å²) in [6.45, 7) is 6.25. The van der Waals surface area contributed by atoms with Gasteiger partial charge < -0.3 is 4.90 Å². The van der Waals surface area contributed by atoms with Crippen LogP contribution in [0, 0.1) is 18.3 Å². The fourth-order valence-corrected chi connectivity index (χ4v) is 6.58. The molecule has 3 aliphatic rings. The molecule has 33 heavy (non-hydrogen) atoms. The van der Waals surface area contributed by atoms with Crippen molar-refractivity contribution in [1.82, 2.24) is 9.47 Å². The van der Waals surface area contributed by atoms with Gasteiger partial charge in [-0.15, -0.1) is 0 Å². The van der Waals surface area contributed by atoms with Gasteiger partial charge in [0, 0.05) is 31.2 Å². The van der Waals surface area contributed by atoms with Gasteiger partial charge >= 0.3 is 0 Å². The monoisotopic (exact) mass is 484 g/mol. The molecule has 0 aromatic carbocycles. The van der Waals surface area contributed by atoms with Crippen LogP contribution < -0.4 is 10.5 Å². The molecule has 2 aliphatic heterocycles. The van der Waals surface area contributed by atoms with Crippen molar-refractivity contribution in [3.05, 3.63) is 31.9 Å². The fourth-order valence-electron chi connectivity index (χ4n) is 5.20. The summed E-state index contributed by atoms with van der Waals surface area (Å²) in [6, 6.07) is 2.33. The molecule has 8 heteroatoms. The number of nitriles is 1. The zero-order chi connectivity index (χ0) is 23.5. The first-order valence-corrected chi connectivity index (χ1v) is 13.4. The van der Waals surface area contributed by atoms with E-state index in [-0.39, 0.29) is 23.1 Å². The van der Waals surface area contributed by atoms with Gasteiger partial charge in [-0.25, -0.2) is 0 Å². The maximum absolute atomic E-state index is 13.4. The maximum atomic E-state index is 13.4. The second kappa shape index (κ2) is 10.4. The molecule has 0 N–H and O–H groups in total. The van der Waals surface area contributed by atoms with Crippen LogP contribution in [-0.2, 0) is 11.3 Å². The van der Waals surface area contributed by atoms with E-state index in [1.165, 1.54) is 18.2 Å². The van der Waals surface area contributed by atoms with Gasteiger partial charge in [0.15, 0.2) is 0 Å². The molecule has 0 atom stereocenters. The predicted octanol–water partition coefficient (Wildman–Crippen LogP) is 4.96. The summed E-state index contributed by atoms with van der Waals surface area (Å²) in [5.41, 5.74) is 1.42. The molecular weight excluding hydrogens is 452 g/mol. The van der Waals surface area contributed by atoms with Gasteiger partial charge in [-0.05, 0) is 57.1 Å². The highest BCUT2D eigenvalue weighted by Gasteiger charge is 2.38. The van der Waals surface area contributed by atoms with E-state index in [1.54, 1.807) is 9.47 Å². The molecule has 176 valence electrons. The average molecular weight is 485 g/mol. The van der Waals surface area contributed by atoms with Crippen LogP contribution in [0.15, 0.2) is 9.70 Å². The van der Waals surface area contributed by atoms with E-state index < -0.39 is 0 Å². The molecule has 0 spiro atoms. The summed E-state index contributed by atoms with van der Waals surface area (Å²) in [5, 5.41) is 9.82. The van der Waals surface area contributed by atoms with Crippen LogP contribution in [0.1, 0.15) is 81.4 Å². The summed E-state index contributed by atoms with van der Waals surface area (Å²) >= 11 is 6.95. The Bertz CT molecular complexity index is 1070. The zero-order valence-electron chi connectivity index (χ0n) is 19.6. The van der Waals surface area contributed by atoms with E-state index in [2.05, 4.69) is 17.9 Å². The summed E-state index contributed by atoms with van der Waals surface area (Å²) in [4.78, 5) is 31.4. The van der Waals surface area contributed by atoms with Crippen molar-refractivity contribution in [2.75, 3.05) is 18.0 Å². The number of piperidine rings is 1. The zero-order valence-corrected chi connectivity index (χ0v) is 21.2. The van der Waals surface area contributed by atoms with Gasteiger partial charge in [0.25, 0.3) is 11.5 Å². The Morgan fingerprint density at radius 3 is 2.48 bits per heavy atom. The number of aromatic nitrogens is 1. The van der Waals surface area contributed by atoms with Gasteiger partial charge in [-0.1, -0.05) is 50.2 Å². The maximum Gasteiger partial charge on any atom is 0.270 e. The molecule has 3 fully saturated rings. The minimum absolute atomic E-state index is 0.0364. The third-order valence-electron chi connectivity index (χ3n) is 7.03. The van der Waals surface area contributed by atoms with Gasteiger partial charge in [0.1, 0.15) is 21.8 Å². The number of anilines is 1. The molecule has 0 bridgehead atoms. The van der Waals surface area contributed by atoms with Crippen molar-refractivity contribution in [2.45, 2.75) is 84.2 Å². The van der Waals surface area contributed by atoms with E-state index in [4.69, 9.17) is 12.2 Å². The number of amides is 1. The Hall–Kier alpha value is -2.11. The first kappa shape index (κ1) is 24.0. The predicted molar refractivity (Wildman–Crippen MR) is 138 cm³/mol. The number of unbranched alkanes of at least 4 members (excludes halogenated alkanes) is 1. The Balaban J connectivity index is 1.86. The highest BCUT2D eigenvalue weighted by atomic mass is 32.2. The van der Waals surface area contributed by atoms with E-state index in [9.17, 15) is 14.9 Å². The minimum atomic E-state index is -0.223. The smallest absolute Gasteiger partial charge is 0.270 e. The van der Waals surface area contributed by atoms with Crippen LogP contribution in [0.3, 0.4) is 0 Å². The van der Waals surface area contributed by atoms with Crippen LogP contribution in [0.4, 0.5) is 5.82 Å². The first-order valence-electron chi connectivity index (χ1n) is 12.2. The Labute approximate surface area is 205 Å². The van der Waals surface area contributed by atoms with Crippen LogP contribution in [-0.4, -0.2) is 38.8 Å². The van der Waals surface area contributed by atoms with Gasteiger partial charge in [0.2, 0.25) is 0 Å². The van der Waals surface area contributed by atoms with Crippen LogP contribution in [0.2, 0.25) is 0 Å². The highest BCUT2D eigenvalue weighted by molar-refractivity contribution is 8.26. The van der Waals surface area contributed by atoms with E-state index in [0.717, 1.165) is 75.8 Å². The van der Waals surface area contributed by atoms with Crippen molar-refractivity contribution >= 4 is 46.1 Å². The molecule has 0 radical (unpaired) electrons. The van der Waals surface area contributed by atoms with Gasteiger partial charge in [-0.3, -0.25) is 19.1 Å². The number of hydrogen-bond acceptors (Lipinski definition) is 6. The second-order valence-corrected chi connectivity index (χ2v) is 10.9. The lowest BCUT2D eigenvalue weighted by atomic mass is 10.0. The quantitative estimate of drug-likeness (QED) is 0.420. The lowest BCUT2D eigenvalue weighted by Crippen LogP contribution is -2.38. The first-order chi connectivity index (χ1) is 16.0. The highest BCUT2D eigenvalue weighted by Crippen LogP contribution is 2.39. The molecular formula is C25H32N4O2S2. The van der Waals surface area contributed by atoms with Crippen LogP contribution in [0.5, 0.6) is 0 Å². The normalized spacial score (nSPS) is 20.8. The number of pyridine rings is 1. The number of thiocarbonyl (C=S) groups is 1. The lowest BCUT2D eigenvalue weighted by Gasteiger charge is -2.33. The van der Waals surface area contributed by atoms with Crippen molar-refractivity contribution in [3.8, 4) is 6.07 Å². The number of carbonyl (C=O) groups is 1. The number of thioether (sulfide) groups is 1. The molecule has 1 aromatic heterocycles. The third kappa shape index (κ3) is 4.63. The lowest BCUT2D eigenvalue weighted by molar-refractivity contribution is -0.123. The number of nitrogens with zero attached hydrogens (tertiary/aromatic N) is 4. The topological polar surface area (TPSA) is 69.3 Å². The standard InChI is InChI=1S/C25H32N4O2S2/c1-3-4-14-28-22(27-12-8-5-9-13-27)19(17(2)20(16-26)23(28)30)15-21-24(31)29(25(32)33-21)18-10-6-7-11-18/h15,18H,3-14H2,1-2H3/b21-15-. The average Bonchev–Trinajstić information content (AvgIpc) is 3.43. The van der Waals surface area contributed by atoms with Crippen molar-refractivity contribution < 1.29 is 4.79 Å². The molecule has 2 saturated heterocycles. The summed E-state index contributed by atoms with van der Waals surface area (Å²) in [7, 11) is 0. The Kier molecular flexibility index (Phi) is 7.60. The number of rotatable bonds is 6. The summed E-state index contributed by atoms with van der Waals surface area (Å²) in [5.74, 6) is 0.821. The third-order valence-corrected chi connectivity index (χ3v) is 8.36. The molecule has 1 amide bonds. The SMILES string of the molecule is CCCCn1c(N2CCCCC2)c(/C=C2\SC(=S)N(C3CCCC3)C2=O)c(C)c(C#N)c1=O. The molecule has 3 heterocycles. The molecule has 0 unspecified atom stereocenters. The molecule has 1 saturated carbocycles. The Morgan fingerprint density at radius 2 is 1.85 bits per heavy atom. The van der Waals surface area contributed by atoms with Gasteiger partial charge in [0.05, 0.1) is 4.91 Å². The second-order valence-electron chi connectivity index (χ2n) is 9.20. The summed E-state index contributed by atoms with van der Waals surface area (Å²) < 4.78 is 2.40. The summed E-state index contributed by atoms with van der Waals surface area (Å²) in [6.07, 6.45) is 11.3. The molecule has 1 aromatic rings. The largest absolute Gasteiger partial charge is 0.357 e. The number of hydrogen-bond donors (Lipinski definition) is 0. The molecule has 4 rings (SSSR count). The number of carbonyl (C=O) groups excluding carboxylic acids is 1. The molecule has 6 nitrogen and oxygen atoms in total. The van der Waals surface area contributed by atoms with Crippen LogP contribution >= 0.6 is 24.0 Å². The van der Waals surface area contributed by atoms with Crippen LogP contribution in [0.25, 0.3) is 6.08 Å². The fraction of sp³-hybridized carbons (Fsp3) is 0.600. The minimum Gasteiger partial charge on any atom is -0.357 e. The van der Waals surface area contributed by atoms with E-state index >= 15 is 0 Å². The molecule has 1 aliphatic carbocycles. The van der Waals surface area contributed by atoms with Crippen molar-refractivity contribution in [1.29, 1.82) is 5.26 Å². The van der Waals surface area contributed by atoms with Gasteiger partial charge in [-0.2, -0.15) is 5.26 Å². The van der Waals surface area contributed by atoms with Crippen molar-refractivity contribution in [3.63, 3.8) is 0 Å². The van der Waals surface area contributed by atoms with E-state index in [0.29, 0.717) is 21.3 Å².